The van der Waals surface area contributed by atoms with Crippen molar-refractivity contribution < 1.29 is 4.74 Å². The summed E-state index contributed by atoms with van der Waals surface area (Å²) in [6.45, 7) is 6.41. The average molecular weight is 356 g/mol. The van der Waals surface area contributed by atoms with Gasteiger partial charge in [0.25, 0.3) is 0 Å². The van der Waals surface area contributed by atoms with Crippen LogP contribution in [0.1, 0.15) is 5.56 Å². The maximum atomic E-state index is 5.37. The van der Waals surface area contributed by atoms with Gasteiger partial charge >= 0.3 is 0 Å². The van der Waals surface area contributed by atoms with E-state index in [-0.39, 0.29) is 0 Å². The second-order valence-corrected chi connectivity index (χ2v) is 6.26. The average Bonchev–Trinajstić information content (AvgIpc) is 3.17. The standard InChI is InChI=1S/C19H28N6O/c1-20-19(22-9-10-24-11-13-26-14-12-24)21-8-7-17-15-23-25(16-17)18-5-3-2-4-6-18/h2-6,15-16H,7-14H2,1H3,(H2,20,21,22). The highest BCUT2D eigenvalue weighted by molar-refractivity contribution is 5.79. The van der Waals surface area contributed by atoms with Gasteiger partial charge in [-0.15, -0.1) is 0 Å². The molecule has 0 saturated carbocycles. The van der Waals surface area contributed by atoms with Crippen LogP contribution in [0.15, 0.2) is 47.7 Å². The Labute approximate surface area is 155 Å². The first kappa shape index (κ1) is 18.4. The molecule has 0 spiro atoms. The zero-order valence-electron chi connectivity index (χ0n) is 15.4. The molecule has 0 unspecified atom stereocenters. The number of aromatic nitrogens is 2. The summed E-state index contributed by atoms with van der Waals surface area (Å²) in [7, 11) is 1.80. The Hall–Kier alpha value is -2.38. The van der Waals surface area contributed by atoms with Gasteiger partial charge in [-0.05, 0) is 24.1 Å². The van der Waals surface area contributed by atoms with Crippen LogP contribution in [0.2, 0.25) is 0 Å². The van der Waals surface area contributed by atoms with E-state index in [2.05, 4.69) is 44.0 Å². The summed E-state index contributed by atoms with van der Waals surface area (Å²) in [5.41, 5.74) is 2.28. The highest BCUT2D eigenvalue weighted by atomic mass is 16.5. The summed E-state index contributed by atoms with van der Waals surface area (Å²) in [5.74, 6) is 0.841. The minimum absolute atomic E-state index is 0.817. The summed E-state index contributed by atoms with van der Waals surface area (Å²) in [6, 6.07) is 10.1. The van der Waals surface area contributed by atoms with E-state index in [0.717, 1.165) is 64.0 Å². The molecule has 3 rings (SSSR count). The molecule has 0 atom stereocenters. The first-order valence-electron chi connectivity index (χ1n) is 9.19. The van der Waals surface area contributed by atoms with Gasteiger partial charge in [0.2, 0.25) is 0 Å². The minimum Gasteiger partial charge on any atom is -0.379 e. The van der Waals surface area contributed by atoms with Crippen molar-refractivity contribution in [2.24, 2.45) is 4.99 Å². The summed E-state index contributed by atoms with van der Waals surface area (Å²) < 4.78 is 7.28. The highest BCUT2D eigenvalue weighted by Gasteiger charge is 2.09. The maximum Gasteiger partial charge on any atom is 0.191 e. The Kier molecular flexibility index (Phi) is 7.04. The van der Waals surface area contributed by atoms with Crippen molar-refractivity contribution in [3.05, 3.63) is 48.3 Å². The van der Waals surface area contributed by atoms with Crippen LogP contribution in [0.4, 0.5) is 0 Å². The van der Waals surface area contributed by atoms with Crippen molar-refractivity contribution in [3.63, 3.8) is 0 Å². The van der Waals surface area contributed by atoms with E-state index >= 15 is 0 Å². The lowest BCUT2D eigenvalue weighted by atomic mass is 10.2. The molecule has 1 fully saturated rings. The lowest BCUT2D eigenvalue weighted by Gasteiger charge is -2.26. The number of benzene rings is 1. The van der Waals surface area contributed by atoms with E-state index in [4.69, 9.17) is 4.74 Å². The molecule has 0 aliphatic carbocycles. The molecule has 1 aromatic carbocycles. The molecule has 0 radical (unpaired) electrons. The largest absolute Gasteiger partial charge is 0.379 e. The zero-order valence-corrected chi connectivity index (χ0v) is 15.4. The second kappa shape index (κ2) is 9.94. The van der Waals surface area contributed by atoms with Gasteiger partial charge in [0, 0.05) is 46.0 Å². The third-order valence-corrected chi connectivity index (χ3v) is 4.41. The SMILES string of the molecule is CN=C(NCCc1cnn(-c2ccccc2)c1)NCCN1CCOCC1. The molecule has 2 aromatic rings. The Morgan fingerprint density at radius 2 is 1.92 bits per heavy atom. The smallest absolute Gasteiger partial charge is 0.191 e. The predicted octanol–water partition coefficient (Wildman–Crippen LogP) is 0.912. The molecule has 26 heavy (non-hydrogen) atoms. The Balaban J connectivity index is 1.37. The van der Waals surface area contributed by atoms with Gasteiger partial charge in [0.1, 0.15) is 0 Å². The highest BCUT2D eigenvalue weighted by Crippen LogP contribution is 2.07. The first-order valence-corrected chi connectivity index (χ1v) is 9.19. The van der Waals surface area contributed by atoms with Crippen LogP contribution in [-0.2, 0) is 11.2 Å². The van der Waals surface area contributed by atoms with E-state index < -0.39 is 0 Å². The van der Waals surface area contributed by atoms with E-state index in [9.17, 15) is 0 Å². The fourth-order valence-electron chi connectivity index (χ4n) is 2.91. The molecule has 1 aliphatic heterocycles. The molecule has 140 valence electrons. The van der Waals surface area contributed by atoms with Crippen molar-refractivity contribution in [2.75, 3.05) is 53.0 Å². The Morgan fingerprint density at radius 3 is 2.69 bits per heavy atom. The molecule has 1 aliphatic rings. The van der Waals surface area contributed by atoms with Gasteiger partial charge < -0.3 is 15.4 Å². The Morgan fingerprint density at radius 1 is 1.15 bits per heavy atom. The summed E-state index contributed by atoms with van der Waals surface area (Å²) >= 11 is 0. The normalized spacial score (nSPS) is 15.8. The number of nitrogens with zero attached hydrogens (tertiary/aromatic N) is 4. The van der Waals surface area contributed by atoms with Crippen molar-refractivity contribution in [3.8, 4) is 5.69 Å². The number of aliphatic imine (C=N–C) groups is 1. The van der Waals surface area contributed by atoms with Crippen LogP contribution >= 0.6 is 0 Å². The van der Waals surface area contributed by atoms with Gasteiger partial charge in [-0.2, -0.15) is 5.10 Å². The molecule has 0 amide bonds. The van der Waals surface area contributed by atoms with Gasteiger partial charge in [0.05, 0.1) is 25.1 Å². The van der Waals surface area contributed by atoms with E-state index in [0.29, 0.717) is 0 Å². The lowest BCUT2D eigenvalue weighted by molar-refractivity contribution is 0.0389. The number of ether oxygens (including phenoxy) is 1. The van der Waals surface area contributed by atoms with Gasteiger partial charge in [-0.25, -0.2) is 4.68 Å². The Bertz CT molecular complexity index is 678. The van der Waals surface area contributed by atoms with Gasteiger partial charge in [-0.3, -0.25) is 9.89 Å². The van der Waals surface area contributed by atoms with Crippen molar-refractivity contribution in [1.29, 1.82) is 0 Å². The first-order chi connectivity index (χ1) is 12.8. The monoisotopic (exact) mass is 356 g/mol. The van der Waals surface area contributed by atoms with Crippen molar-refractivity contribution in [2.45, 2.75) is 6.42 Å². The van der Waals surface area contributed by atoms with Crippen LogP contribution in [0.5, 0.6) is 0 Å². The van der Waals surface area contributed by atoms with Crippen LogP contribution in [0.3, 0.4) is 0 Å². The fraction of sp³-hybridized carbons (Fsp3) is 0.474. The van der Waals surface area contributed by atoms with Crippen LogP contribution in [0, 0.1) is 0 Å². The number of morpholine rings is 1. The minimum atomic E-state index is 0.817. The van der Waals surface area contributed by atoms with Crippen molar-refractivity contribution in [1.82, 2.24) is 25.3 Å². The molecule has 1 saturated heterocycles. The maximum absolute atomic E-state index is 5.37. The fourth-order valence-corrected chi connectivity index (χ4v) is 2.91. The summed E-state index contributed by atoms with van der Waals surface area (Å²) in [6.07, 6.45) is 4.89. The van der Waals surface area contributed by atoms with E-state index in [1.807, 2.05) is 29.1 Å². The van der Waals surface area contributed by atoms with Gasteiger partial charge in [-0.1, -0.05) is 18.2 Å². The predicted molar refractivity (Wildman–Crippen MR) is 104 cm³/mol. The molecule has 1 aromatic heterocycles. The number of nitrogens with one attached hydrogen (secondary N) is 2. The number of para-hydroxylation sites is 1. The molecule has 7 nitrogen and oxygen atoms in total. The van der Waals surface area contributed by atoms with E-state index in [1.165, 1.54) is 5.56 Å². The van der Waals surface area contributed by atoms with Crippen LogP contribution < -0.4 is 10.6 Å². The number of hydrogen-bond donors (Lipinski definition) is 2. The molecule has 0 bridgehead atoms. The molecular weight excluding hydrogens is 328 g/mol. The topological polar surface area (TPSA) is 66.7 Å². The molecule has 2 N–H and O–H groups in total. The second-order valence-electron chi connectivity index (χ2n) is 6.26. The number of hydrogen-bond acceptors (Lipinski definition) is 4. The molecule has 2 heterocycles. The summed E-state index contributed by atoms with van der Waals surface area (Å²) in [5, 5.41) is 11.2. The molecule has 7 heteroatoms. The van der Waals surface area contributed by atoms with E-state index in [1.54, 1.807) is 7.05 Å². The zero-order chi connectivity index (χ0) is 18.0. The van der Waals surface area contributed by atoms with Crippen molar-refractivity contribution >= 4 is 5.96 Å². The quantitative estimate of drug-likeness (QED) is 0.570. The number of guanidine groups is 1. The van der Waals surface area contributed by atoms with Crippen LogP contribution in [0.25, 0.3) is 5.69 Å². The third kappa shape index (κ3) is 5.57. The number of rotatable bonds is 7. The summed E-state index contributed by atoms with van der Waals surface area (Å²) in [4.78, 5) is 6.69. The van der Waals surface area contributed by atoms with Crippen LogP contribution in [-0.4, -0.2) is 73.6 Å². The molecular formula is C19H28N6O. The van der Waals surface area contributed by atoms with Gasteiger partial charge in [0.15, 0.2) is 5.96 Å². The third-order valence-electron chi connectivity index (χ3n) is 4.41. The lowest BCUT2D eigenvalue weighted by Crippen LogP contribution is -2.44.